The van der Waals surface area contributed by atoms with Crippen molar-refractivity contribution in [3.63, 3.8) is 0 Å². The van der Waals surface area contributed by atoms with Gasteiger partial charge in [-0.05, 0) is 42.8 Å². The Morgan fingerprint density at radius 3 is 2.83 bits per heavy atom. The van der Waals surface area contributed by atoms with Crippen LogP contribution in [0.15, 0.2) is 40.8 Å². The number of nitrogens with two attached hydrogens (primary N) is 1. The topological polar surface area (TPSA) is 72.3 Å². The third-order valence-electron chi connectivity index (χ3n) is 2.79. The normalized spacial score (nSPS) is 10.9. The SMILES string of the molecule is Cc1ccc2oc(-c3cc(N)ccc3O)nc2c1. The molecule has 0 radical (unpaired) electrons. The highest BCUT2D eigenvalue weighted by atomic mass is 16.3. The van der Waals surface area contributed by atoms with E-state index in [-0.39, 0.29) is 5.75 Å². The zero-order valence-electron chi connectivity index (χ0n) is 9.84. The number of phenols is 1. The number of fused-ring (bicyclic) bond motifs is 1. The fraction of sp³-hybridized carbons (Fsp3) is 0.0714. The van der Waals surface area contributed by atoms with Crippen LogP contribution in [0.5, 0.6) is 5.75 Å². The molecule has 3 rings (SSSR count). The van der Waals surface area contributed by atoms with Crippen LogP contribution < -0.4 is 5.73 Å². The van der Waals surface area contributed by atoms with Gasteiger partial charge in [0.15, 0.2) is 5.58 Å². The van der Waals surface area contributed by atoms with Crippen LogP contribution in [0.1, 0.15) is 5.56 Å². The second kappa shape index (κ2) is 3.77. The lowest BCUT2D eigenvalue weighted by molar-refractivity contribution is 0.474. The summed E-state index contributed by atoms with van der Waals surface area (Å²) in [6.07, 6.45) is 0. The Balaban J connectivity index is 2.22. The van der Waals surface area contributed by atoms with Crippen LogP contribution >= 0.6 is 0 Å². The highest BCUT2D eigenvalue weighted by molar-refractivity contribution is 5.78. The average Bonchev–Trinajstić information content (AvgIpc) is 2.74. The Labute approximate surface area is 104 Å². The molecule has 0 aliphatic carbocycles. The van der Waals surface area contributed by atoms with Crippen LogP contribution in [0.4, 0.5) is 5.69 Å². The summed E-state index contributed by atoms with van der Waals surface area (Å²) in [6, 6.07) is 10.6. The van der Waals surface area contributed by atoms with Crippen molar-refractivity contribution >= 4 is 16.8 Å². The van der Waals surface area contributed by atoms with Crippen LogP contribution in [-0.2, 0) is 0 Å². The van der Waals surface area contributed by atoms with E-state index in [0.29, 0.717) is 22.7 Å². The first-order chi connectivity index (χ1) is 8.63. The van der Waals surface area contributed by atoms with Crippen molar-refractivity contribution in [2.75, 3.05) is 5.73 Å². The van der Waals surface area contributed by atoms with E-state index in [4.69, 9.17) is 10.2 Å². The van der Waals surface area contributed by atoms with Gasteiger partial charge in [0.1, 0.15) is 11.3 Å². The molecule has 2 aromatic carbocycles. The molecule has 0 fully saturated rings. The first kappa shape index (κ1) is 10.7. The molecular weight excluding hydrogens is 228 g/mol. The van der Waals surface area contributed by atoms with Crippen LogP contribution in [-0.4, -0.2) is 10.1 Å². The van der Waals surface area contributed by atoms with Crippen molar-refractivity contribution in [1.29, 1.82) is 0 Å². The molecule has 0 spiro atoms. The third kappa shape index (κ3) is 1.68. The van der Waals surface area contributed by atoms with Gasteiger partial charge < -0.3 is 15.3 Å². The maximum Gasteiger partial charge on any atom is 0.231 e. The van der Waals surface area contributed by atoms with Gasteiger partial charge >= 0.3 is 0 Å². The minimum atomic E-state index is 0.104. The van der Waals surface area contributed by atoms with Gasteiger partial charge in [0.2, 0.25) is 5.89 Å². The number of aromatic hydroxyl groups is 1. The number of aromatic nitrogens is 1. The van der Waals surface area contributed by atoms with Crippen molar-refractivity contribution < 1.29 is 9.52 Å². The number of nitrogen functional groups attached to an aromatic ring is 1. The van der Waals surface area contributed by atoms with E-state index in [0.717, 1.165) is 11.1 Å². The molecule has 3 aromatic rings. The van der Waals surface area contributed by atoms with Gasteiger partial charge in [-0.25, -0.2) is 4.98 Å². The second-order valence-electron chi connectivity index (χ2n) is 4.27. The van der Waals surface area contributed by atoms with Gasteiger partial charge in [0, 0.05) is 5.69 Å². The van der Waals surface area contributed by atoms with Crippen LogP contribution in [0, 0.1) is 6.92 Å². The maximum atomic E-state index is 9.81. The minimum absolute atomic E-state index is 0.104. The number of anilines is 1. The zero-order valence-corrected chi connectivity index (χ0v) is 9.84. The Morgan fingerprint density at radius 2 is 2.00 bits per heavy atom. The summed E-state index contributed by atoms with van der Waals surface area (Å²) in [4.78, 5) is 4.36. The van der Waals surface area contributed by atoms with Crippen LogP contribution in [0.2, 0.25) is 0 Å². The number of hydrogen-bond donors (Lipinski definition) is 2. The van der Waals surface area contributed by atoms with Crippen molar-refractivity contribution in [1.82, 2.24) is 4.98 Å². The van der Waals surface area contributed by atoms with Gasteiger partial charge in [-0.15, -0.1) is 0 Å². The van der Waals surface area contributed by atoms with Gasteiger partial charge in [0.05, 0.1) is 5.56 Å². The van der Waals surface area contributed by atoms with Gasteiger partial charge in [0.25, 0.3) is 0 Å². The summed E-state index contributed by atoms with van der Waals surface area (Å²) in [5.41, 5.74) is 9.34. The number of aryl methyl sites for hydroxylation is 1. The number of rotatable bonds is 1. The lowest BCUT2D eigenvalue weighted by Gasteiger charge is -2.00. The number of oxazole rings is 1. The minimum Gasteiger partial charge on any atom is -0.507 e. The molecule has 1 aromatic heterocycles. The number of benzene rings is 2. The molecule has 1 heterocycles. The quantitative estimate of drug-likeness (QED) is 0.506. The molecule has 4 nitrogen and oxygen atoms in total. The van der Waals surface area contributed by atoms with Crippen molar-refractivity contribution in [3.8, 4) is 17.2 Å². The Bertz CT molecular complexity index is 732. The lowest BCUT2D eigenvalue weighted by Crippen LogP contribution is -1.86. The van der Waals surface area contributed by atoms with E-state index in [1.54, 1.807) is 12.1 Å². The van der Waals surface area contributed by atoms with E-state index in [2.05, 4.69) is 4.98 Å². The van der Waals surface area contributed by atoms with Crippen molar-refractivity contribution in [2.45, 2.75) is 6.92 Å². The number of hydrogen-bond acceptors (Lipinski definition) is 4. The molecule has 4 heteroatoms. The summed E-state index contributed by atoms with van der Waals surface area (Å²) < 4.78 is 5.62. The predicted molar refractivity (Wildman–Crippen MR) is 70.3 cm³/mol. The molecule has 0 unspecified atom stereocenters. The molecule has 0 saturated heterocycles. The fourth-order valence-electron chi connectivity index (χ4n) is 1.88. The Morgan fingerprint density at radius 1 is 1.17 bits per heavy atom. The highest BCUT2D eigenvalue weighted by Gasteiger charge is 2.12. The molecule has 0 aliphatic heterocycles. The van der Waals surface area contributed by atoms with E-state index in [1.807, 2.05) is 25.1 Å². The standard InChI is InChI=1S/C14H12N2O2/c1-8-2-5-13-11(6-8)16-14(18-13)10-7-9(15)3-4-12(10)17/h2-7,17H,15H2,1H3. The largest absolute Gasteiger partial charge is 0.507 e. The Kier molecular flexibility index (Phi) is 2.23. The molecule has 0 atom stereocenters. The molecule has 0 saturated carbocycles. The highest BCUT2D eigenvalue weighted by Crippen LogP contribution is 2.32. The molecule has 0 bridgehead atoms. The smallest absolute Gasteiger partial charge is 0.231 e. The predicted octanol–water partition coefficient (Wildman–Crippen LogP) is 3.09. The Hall–Kier alpha value is -2.49. The van der Waals surface area contributed by atoms with E-state index in [9.17, 15) is 5.11 Å². The van der Waals surface area contributed by atoms with E-state index in [1.165, 1.54) is 6.07 Å². The number of phenolic OH excluding ortho intramolecular Hbond substituents is 1. The molecule has 18 heavy (non-hydrogen) atoms. The van der Waals surface area contributed by atoms with Crippen molar-refractivity contribution in [3.05, 3.63) is 42.0 Å². The zero-order chi connectivity index (χ0) is 12.7. The van der Waals surface area contributed by atoms with Crippen LogP contribution in [0.25, 0.3) is 22.6 Å². The first-order valence-electron chi connectivity index (χ1n) is 5.59. The van der Waals surface area contributed by atoms with E-state index >= 15 is 0 Å². The molecule has 0 amide bonds. The summed E-state index contributed by atoms with van der Waals surface area (Å²) in [5, 5.41) is 9.81. The third-order valence-corrected chi connectivity index (χ3v) is 2.79. The fourth-order valence-corrected chi connectivity index (χ4v) is 1.88. The van der Waals surface area contributed by atoms with Crippen LogP contribution in [0.3, 0.4) is 0 Å². The van der Waals surface area contributed by atoms with Gasteiger partial charge in [-0.2, -0.15) is 0 Å². The molecule has 3 N–H and O–H groups in total. The van der Waals surface area contributed by atoms with Gasteiger partial charge in [-0.1, -0.05) is 6.07 Å². The average molecular weight is 240 g/mol. The first-order valence-corrected chi connectivity index (χ1v) is 5.59. The number of nitrogens with zero attached hydrogens (tertiary/aromatic N) is 1. The maximum absolute atomic E-state index is 9.81. The molecule has 90 valence electrons. The molecular formula is C14H12N2O2. The van der Waals surface area contributed by atoms with Crippen molar-refractivity contribution in [2.24, 2.45) is 0 Å². The summed E-state index contributed by atoms with van der Waals surface area (Å²) in [6.45, 7) is 1.99. The summed E-state index contributed by atoms with van der Waals surface area (Å²) in [7, 11) is 0. The summed E-state index contributed by atoms with van der Waals surface area (Å²) >= 11 is 0. The molecule has 0 aliphatic rings. The van der Waals surface area contributed by atoms with Gasteiger partial charge in [-0.3, -0.25) is 0 Å². The lowest BCUT2D eigenvalue weighted by atomic mass is 10.2. The summed E-state index contributed by atoms with van der Waals surface area (Å²) in [5.74, 6) is 0.480. The van der Waals surface area contributed by atoms with E-state index < -0.39 is 0 Å². The second-order valence-corrected chi connectivity index (χ2v) is 4.27. The monoisotopic (exact) mass is 240 g/mol.